The molecule has 0 spiro atoms. The van der Waals surface area contributed by atoms with Gasteiger partial charge in [0.05, 0.1) is 0 Å². The Morgan fingerprint density at radius 1 is 1.27 bits per heavy atom. The smallest absolute Gasteiger partial charge is 0.120 e. The van der Waals surface area contributed by atoms with Crippen LogP contribution in [0.5, 0.6) is 0 Å². The lowest BCUT2D eigenvalue weighted by Crippen LogP contribution is -1.97. The second kappa shape index (κ2) is 4.11. The summed E-state index contributed by atoms with van der Waals surface area (Å²) >= 11 is 0. The summed E-state index contributed by atoms with van der Waals surface area (Å²) in [4.78, 5) is 0. The molecular formula is C9H11O2. The van der Waals surface area contributed by atoms with Crippen molar-refractivity contribution in [3.63, 3.8) is 0 Å². The predicted molar refractivity (Wildman–Crippen MR) is 41.6 cm³/mol. The number of aliphatic hydroxyl groups is 1. The number of aliphatic hydroxyl groups excluding tert-OH is 1. The van der Waals surface area contributed by atoms with Gasteiger partial charge >= 0.3 is 0 Å². The molecule has 0 saturated carbocycles. The summed E-state index contributed by atoms with van der Waals surface area (Å²) in [6.07, 6.45) is -0.481. The van der Waals surface area contributed by atoms with Crippen LogP contribution in [-0.2, 0) is 5.11 Å². The molecule has 1 atom stereocenters. The first-order valence-electron chi connectivity index (χ1n) is 3.66. The highest BCUT2D eigenvalue weighted by atomic mass is 16.3. The Morgan fingerprint density at radius 3 is 2.45 bits per heavy atom. The molecule has 0 fully saturated rings. The van der Waals surface area contributed by atoms with Gasteiger partial charge in [0.15, 0.2) is 0 Å². The Hall–Kier alpha value is -0.860. The molecule has 1 N–H and O–H groups in total. The third kappa shape index (κ3) is 2.33. The third-order valence-electron chi connectivity index (χ3n) is 1.56. The van der Waals surface area contributed by atoms with E-state index in [0.717, 1.165) is 5.56 Å². The Morgan fingerprint density at radius 2 is 1.91 bits per heavy atom. The fraction of sp³-hybridized carbons (Fsp3) is 0.333. The summed E-state index contributed by atoms with van der Waals surface area (Å²) in [6, 6.07) is 9.10. The van der Waals surface area contributed by atoms with Gasteiger partial charge in [-0.15, -0.1) is 0 Å². The maximum atomic E-state index is 11.2. The minimum absolute atomic E-state index is 0.0386. The van der Waals surface area contributed by atoms with Gasteiger partial charge in [-0.3, -0.25) is 0 Å². The summed E-state index contributed by atoms with van der Waals surface area (Å²) in [7, 11) is 0. The normalized spacial score (nSPS) is 12.9. The van der Waals surface area contributed by atoms with Crippen molar-refractivity contribution in [2.24, 2.45) is 0 Å². The average Bonchev–Trinajstić information content (AvgIpc) is 2.07. The van der Waals surface area contributed by atoms with E-state index in [0.29, 0.717) is 6.42 Å². The van der Waals surface area contributed by atoms with E-state index in [-0.39, 0.29) is 6.61 Å². The first-order valence-corrected chi connectivity index (χ1v) is 3.66. The maximum Gasteiger partial charge on any atom is 0.120 e. The minimum atomic E-state index is -0.777. The molecule has 11 heavy (non-hydrogen) atoms. The van der Waals surface area contributed by atoms with Crippen LogP contribution in [0.15, 0.2) is 30.3 Å². The summed E-state index contributed by atoms with van der Waals surface area (Å²) < 4.78 is 0. The Labute approximate surface area is 66.1 Å². The van der Waals surface area contributed by atoms with Gasteiger partial charge in [-0.1, -0.05) is 30.3 Å². The molecule has 2 heteroatoms. The first-order chi connectivity index (χ1) is 5.34. The predicted octanol–water partition coefficient (Wildman–Crippen LogP) is 1.54. The maximum absolute atomic E-state index is 11.2. The molecule has 2 nitrogen and oxygen atoms in total. The molecule has 59 valence electrons. The lowest BCUT2D eigenvalue weighted by atomic mass is 10.1. The van der Waals surface area contributed by atoms with Crippen LogP contribution >= 0.6 is 0 Å². The van der Waals surface area contributed by atoms with E-state index in [2.05, 4.69) is 0 Å². The van der Waals surface area contributed by atoms with Crippen molar-refractivity contribution >= 4 is 0 Å². The number of hydrogen-bond donors (Lipinski definition) is 1. The molecule has 1 unspecified atom stereocenters. The van der Waals surface area contributed by atoms with E-state index in [1.165, 1.54) is 0 Å². The molecule has 0 saturated heterocycles. The van der Waals surface area contributed by atoms with Gasteiger partial charge in [0.2, 0.25) is 0 Å². The molecule has 1 aromatic rings. The SMILES string of the molecule is [O]C(CCO)c1ccccc1. The second-order valence-electron chi connectivity index (χ2n) is 2.41. The summed E-state index contributed by atoms with van der Waals surface area (Å²) in [6.45, 7) is -0.0386. The zero-order valence-corrected chi connectivity index (χ0v) is 6.23. The Bertz CT molecular complexity index is 196. The van der Waals surface area contributed by atoms with Crippen molar-refractivity contribution in [1.82, 2.24) is 0 Å². The Kier molecular flexibility index (Phi) is 3.08. The van der Waals surface area contributed by atoms with Gasteiger partial charge in [0.1, 0.15) is 6.10 Å². The van der Waals surface area contributed by atoms with Crippen LogP contribution in [0.25, 0.3) is 0 Å². The summed E-state index contributed by atoms with van der Waals surface area (Å²) in [5, 5.41) is 19.7. The lowest BCUT2D eigenvalue weighted by Gasteiger charge is -2.04. The molecule has 0 aliphatic rings. The molecule has 0 bridgehead atoms. The molecule has 0 aliphatic heterocycles. The molecular weight excluding hydrogens is 140 g/mol. The largest absolute Gasteiger partial charge is 0.396 e. The van der Waals surface area contributed by atoms with Crippen LogP contribution < -0.4 is 0 Å². The molecule has 1 rings (SSSR count). The topological polar surface area (TPSA) is 40.1 Å². The van der Waals surface area contributed by atoms with Crippen molar-refractivity contribution in [2.75, 3.05) is 6.61 Å². The van der Waals surface area contributed by atoms with Crippen molar-refractivity contribution in [1.29, 1.82) is 0 Å². The Balaban J connectivity index is 2.61. The number of hydrogen-bond acceptors (Lipinski definition) is 1. The van der Waals surface area contributed by atoms with Crippen molar-refractivity contribution in [3.8, 4) is 0 Å². The standard InChI is InChI=1S/C9H11O2/c10-7-6-9(11)8-4-2-1-3-5-8/h1-5,9-10H,6-7H2. The van der Waals surface area contributed by atoms with E-state index in [9.17, 15) is 5.11 Å². The zero-order valence-electron chi connectivity index (χ0n) is 6.23. The highest BCUT2D eigenvalue weighted by Gasteiger charge is 2.06. The van der Waals surface area contributed by atoms with Crippen molar-refractivity contribution < 1.29 is 10.2 Å². The zero-order chi connectivity index (χ0) is 8.10. The van der Waals surface area contributed by atoms with Gasteiger partial charge < -0.3 is 5.11 Å². The van der Waals surface area contributed by atoms with Gasteiger partial charge in [-0.05, 0) is 5.56 Å². The fourth-order valence-electron chi connectivity index (χ4n) is 0.952. The van der Waals surface area contributed by atoms with E-state index in [4.69, 9.17) is 5.11 Å². The van der Waals surface area contributed by atoms with Crippen LogP contribution in [0.1, 0.15) is 18.1 Å². The van der Waals surface area contributed by atoms with Gasteiger partial charge in [-0.2, -0.15) is 0 Å². The quantitative estimate of drug-likeness (QED) is 0.699. The highest BCUT2D eigenvalue weighted by molar-refractivity contribution is 5.16. The fourth-order valence-corrected chi connectivity index (χ4v) is 0.952. The lowest BCUT2D eigenvalue weighted by molar-refractivity contribution is 0.0637. The summed E-state index contributed by atoms with van der Waals surface area (Å²) in [5.41, 5.74) is 0.751. The van der Waals surface area contributed by atoms with Gasteiger partial charge in [0.25, 0.3) is 0 Å². The molecule has 0 amide bonds. The second-order valence-corrected chi connectivity index (χ2v) is 2.41. The molecule has 0 aromatic heterocycles. The van der Waals surface area contributed by atoms with Crippen LogP contribution in [0, 0.1) is 0 Å². The van der Waals surface area contributed by atoms with E-state index < -0.39 is 6.10 Å². The molecule has 1 radical (unpaired) electrons. The van der Waals surface area contributed by atoms with Crippen LogP contribution in [0.4, 0.5) is 0 Å². The molecule has 0 heterocycles. The number of rotatable bonds is 3. The van der Waals surface area contributed by atoms with E-state index in [1.54, 1.807) is 12.1 Å². The number of benzene rings is 1. The van der Waals surface area contributed by atoms with Gasteiger partial charge in [0, 0.05) is 13.0 Å². The van der Waals surface area contributed by atoms with Crippen LogP contribution in [0.2, 0.25) is 0 Å². The van der Waals surface area contributed by atoms with E-state index in [1.807, 2.05) is 18.2 Å². The van der Waals surface area contributed by atoms with Crippen molar-refractivity contribution in [3.05, 3.63) is 35.9 Å². The monoisotopic (exact) mass is 151 g/mol. The molecule has 0 aliphatic carbocycles. The minimum Gasteiger partial charge on any atom is -0.396 e. The first kappa shape index (κ1) is 8.24. The van der Waals surface area contributed by atoms with Gasteiger partial charge in [-0.25, -0.2) is 5.11 Å². The average molecular weight is 151 g/mol. The third-order valence-corrected chi connectivity index (χ3v) is 1.56. The summed E-state index contributed by atoms with van der Waals surface area (Å²) in [5.74, 6) is 0. The van der Waals surface area contributed by atoms with Crippen molar-refractivity contribution in [2.45, 2.75) is 12.5 Å². The van der Waals surface area contributed by atoms with E-state index >= 15 is 0 Å². The highest BCUT2D eigenvalue weighted by Crippen LogP contribution is 2.15. The van der Waals surface area contributed by atoms with Crippen LogP contribution in [0.3, 0.4) is 0 Å². The molecule has 1 aromatic carbocycles. The van der Waals surface area contributed by atoms with Crippen LogP contribution in [-0.4, -0.2) is 11.7 Å².